The third kappa shape index (κ3) is 4.36. The van der Waals surface area contributed by atoms with Crippen LogP contribution in [0.2, 0.25) is 0 Å². The van der Waals surface area contributed by atoms with Gasteiger partial charge in [-0.25, -0.2) is 0 Å². The van der Waals surface area contributed by atoms with E-state index in [4.69, 9.17) is 0 Å². The van der Waals surface area contributed by atoms with E-state index in [1.165, 1.54) is 0 Å². The van der Waals surface area contributed by atoms with Gasteiger partial charge in [-0.2, -0.15) is 0 Å². The van der Waals surface area contributed by atoms with Gasteiger partial charge in [0.25, 0.3) is 5.91 Å². The maximum atomic E-state index is 12.7. The summed E-state index contributed by atoms with van der Waals surface area (Å²) in [7, 11) is 1.85. The van der Waals surface area contributed by atoms with Crippen LogP contribution in [0.25, 0.3) is 0 Å². The smallest absolute Gasteiger partial charge is 0.255 e. The van der Waals surface area contributed by atoms with Crippen molar-refractivity contribution in [3.05, 3.63) is 65.7 Å². The average molecular weight is 299 g/mol. The first-order chi connectivity index (χ1) is 10.1. The molecule has 2 rings (SSSR count). The molecule has 2 nitrogen and oxygen atoms in total. The number of nitrogens with zero attached hydrogens (tertiary/aromatic N) is 1. The van der Waals surface area contributed by atoms with E-state index in [9.17, 15) is 4.79 Å². The molecule has 3 heteroatoms. The molecule has 110 valence electrons. The maximum absolute atomic E-state index is 12.7. The number of rotatable bonds is 5. The first-order valence-electron chi connectivity index (χ1n) is 7.13. The van der Waals surface area contributed by atoms with Gasteiger partial charge >= 0.3 is 0 Å². The lowest BCUT2D eigenvalue weighted by atomic mass is 10.1. The molecule has 0 fully saturated rings. The van der Waals surface area contributed by atoms with Crippen molar-refractivity contribution in [1.29, 1.82) is 0 Å². The summed E-state index contributed by atoms with van der Waals surface area (Å²) in [5.74, 6) is 0.0719. The first kappa shape index (κ1) is 15.6. The second kappa shape index (κ2) is 7.32. The molecule has 21 heavy (non-hydrogen) atoms. The van der Waals surface area contributed by atoms with Gasteiger partial charge in [0.05, 0.1) is 5.56 Å². The van der Waals surface area contributed by atoms with Crippen molar-refractivity contribution in [2.45, 2.75) is 30.5 Å². The fraction of sp³-hybridized carbons (Fsp3) is 0.278. The summed E-state index contributed by atoms with van der Waals surface area (Å²) in [6.45, 7) is 4.90. The van der Waals surface area contributed by atoms with E-state index < -0.39 is 0 Å². The Morgan fingerprint density at radius 1 is 1.05 bits per heavy atom. The van der Waals surface area contributed by atoms with Crippen molar-refractivity contribution in [2.75, 3.05) is 7.05 Å². The Bertz CT molecular complexity index is 595. The van der Waals surface area contributed by atoms with Crippen molar-refractivity contribution in [2.24, 2.45) is 0 Å². The van der Waals surface area contributed by atoms with Crippen LogP contribution in [0.1, 0.15) is 29.8 Å². The molecule has 0 radical (unpaired) electrons. The number of carbonyl (C=O) groups is 1. The molecule has 0 unspecified atom stereocenters. The monoisotopic (exact) mass is 299 g/mol. The minimum atomic E-state index is 0.0719. The Morgan fingerprint density at radius 2 is 1.67 bits per heavy atom. The van der Waals surface area contributed by atoms with Crippen molar-refractivity contribution in [1.82, 2.24) is 4.90 Å². The van der Waals surface area contributed by atoms with Crippen LogP contribution in [0.15, 0.2) is 59.5 Å². The zero-order valence-corrected chi connectivity index (χ0v) is 13.6. The fourth-order valence-corrected chi connectivity index (χ4v) is 3.08. The summed E-state index contributed by atoms with van der Waals surface area (Å²) in [5.41, 5.74) is 1.93. The molecule has 0 saturated heterocycles. The van der Waals surface area contributed by atoms with Crippen molar-refractivity contribution >= 4 is 17.7 Å². The van der Waals surface area contributed by atoms with Crippen LogP contribution in [0, 0.1) is 0 Å². The zero-order chi connectivity index (χ0) is 15.2. The molecule has 0 aliphatic rings. The number of thioether (sulfide) groups is 1. The quantitative estimate of drug-likeness (QED) is 0.760. The zero-order valence-electron chi connectivity index (χ0n) is 12.7. The van der Waals surface area contributed by atoms with Crippen LogP contribution in [-0.4, -0.2) is 23.1 Å². The van der Waals surface area contributed by atoms with E-state index in [1.54, 1.807) is 16.7 Å². The second-order valence-corrected chi connectivity index (χ2v) is 6.93. The third-order valence-corrected chi connectivity index (χ3v) is 4.17. The molecular weight excluding hydrogens is 278 g/mol. The van der Waals surface area contributed by atoms with Crippen LogP contribution < -0.4 is 0 Å². The van der Waals surface area contributed by atoms with Crippen LogP contribution in [0.4, 0.5) is 0 Å². The van der Waals surface area contributed by atoms with Gasteiger partial charge in [-0.1, -0.05) is 56.3 Å². The van der Waals surface area contributed by atoms with Crippen LogP contribution in [-0.2, 0) is 6.54 Å². The molecular formula is C18H21NOS. The SMILES string of the molecule is CC(C)Sc1ccccc1C(=O)N(C)Cc1ccccc1. The van der Waals surface area contributed by atoms with Gasteiger partial charge in [-0.05, 0) is 17.7 Å². The molecule has 0 N–H and O–H groups in total. The summed E-state index contributed by atoms with van der Waals surface area (Å²) in [5, 5.41) is 0.457. The predicted octanol–water partition coefficient (Wildman–Crippen LogP) is 4.46. The van der Waals surface area contributed by atoms with E-state index in [-0.39, 0.29) is 5.91 Å². The van der Waals surface area contributed by atoms with Crippen LogP contribution >= 0.6 is 11.8 Å². The Balaban J connectivity index is 2.16. The highest BCUT2D eigenvalue weighted by molar-refractivity contribution is 8.00. The molecule has 0 heterocycles. The topological polar surface area (TPSA) is 20.3 Å². The largest absolute Gasteiger partial charge is 0.337 e. The first-order valence-corrected chi connectivity index (χ1v) is 8.01. The number of hydrogen-bond acceptors (Lipinski definition) is 2. The van der Waals surface area contributed by atoms with Gasteiger partial charge in [0.1, 0.15) is 0 Å². The minimum absolute atomic E-state index is 0.0719. The van der Waals surface area contributed by atoms with Crippen molar-refractivity contribution in [3.8, 4) is 0 Å². The van der Waals surface area contributed by atoms with Gasteiger partial charge in [0, 0.05) is 23.7 Å². The molecule has 0 bridgehead atoms. The predicted molar refractivity (Wildman–Crippen MR) is 89.7 cm³/mol. The number of hydrogen-bond donors (Lipinski definition) is 0. The summed E-state index contributed by atoms with van der Waals surface area (Å²) in [6.07, 6.45) is 0. The third-order valence-electron chi connectivity index (χ3n) is 3.09. The molecule has 2 aromatic carbocycles. The summed E-state index contributed by atoms with van der Waals surface area (Å²) >= 11 is 1.73. The van der Waals surface area contributed by atoms with Gasteiger partial charge < -0.3 is 4.90 Å². The number of benzene rings is 2. The van der Waals surface area contributed by atoms with Gasteiger partial charge in [-0.3, -0.25) is 4.79 Å². The molecule has 0 saturated carbocycles. The summed E-state index contributed by atoms with van der Waals surface area (Å²) in [6, 6.07) is 17.9. The second-order valence-electron chi connectivity index (χ2n) is 5.31. The molecule has 0 spiro atoms. The van der Waals surface area contributed by atoms with E-state index in [0.29, 0.717) is 11.8 Å². The highest BCUT2D eigenvalue weighted by Crippen LogP contribution is 2.27. The fourth-order valence-electron chi connectivity index (χ4n) is 2.13. The van der Waals surface area contributed by atoms with Crippen LogP contribution in [0.5, 0.6) is 0 Å². The van der Waals surface area contributed by atoms with Gasteiger partial charge in [0.15, 0.2) is 0 Å². The standard InChI is InChI=1S/C18H21NOS/c1-14(2)21-17-12-8-7-11-16(17)18(20)19(3)13-15-9-5-4-6-10-15/h4-12,14H,13H2,1-3H3. The Hall–Kier alpha value is -1.74. The lowest BCUT2D eigenvalue weighted by Crippen LogP contribution is -2.26. The van der Waals surface area contributed by atoms with Gasteiger partial charge in [0.2, 0.25) is 0 Å². The molecule has 0 aromatic heterocycles. The molecule has 0 aliphatic heterocycles. The number of carbonyl (C=O) groups excluding carboxylic acids is 1. The maximum Gasteiger partial charge on any atom is 0.255 e. The molecule has 2 aromatic rings. The molecule has 0 atom stereocenters. The van der Waals surface area contributed by atoms with Gasteiger partial charge in [-0.15, -0.1) is 11.8 Å². The Kier molecular flexibility index (Phi) is 5.45. The molecule has 1 amide bonds. The summed E-state index contributed by atoms with van der Waals surface area (Å²) < 4.78 is 0. The number of amides is 1. The highest BCUT2D eigenvalue weighted by Gasteiger charge is 2.16. The molecule has 0 aliphatic carbocycles. The van der Waals surface area contributed by atoms with Crippen molar-refractivity contribution in [3.63, 3.8) is 0 Å². The van der Waals surface area contributed by atoms with Crippen LogP contribution in [0.3, 0.4) is 0 Å². The van der Waals surface area contributed by atoms with E-state index in [2.05, 4.69) is 13.8 Å². The lowest BCUT2D eigenvalue weighted by molar-refractivity contribution is 0.0781. The minimum Gasteiger partial charge on any atom is -0.337 e. The summed E-state index contributed by atoms with van der Waals surface area (Å²) in [4.78, 5) is 15.5. The highest BCUT2D eigenvalue weighted by atomic mass is 32.2. The van der Waals surface area contributed by atoms with E-state index in [1.807, 2.05) is 61.6 Å². The Labute approximate surface area is 131 Å². The Morgan fingerprint density at radius 3 is 2.33 bits per heavy atom. The lowest BCUT2D eigenvalue weighted by Gasteiger charge is -2.19. The average Bonchev–Trinajstić information content (AvgIpc) is 2.47. The van der Waals surface area contributed by atoms with E-state index >= 15 is 0 Å². The normalized spacial score (nSPS) is 10.7. The van der Waals surface area contributed by atoms with E-state index in [0.717, 1.165) is 16.0 Å². The van der Waals surface area contributed by atoms with Crippen molar-refractivity contribution < 1.29 is 4.79 Å².